The molecule has 5 nitrogen and oxygen atoms in total. The maximum atomic E-state index is 10.9. The van der Waals surface area contributed by atoms with Gasteiger partial charge in [-0.2, -0.15) is 0 Å². The van der Waals surface area contributed by atoms with E-state index in [1.54, 1.807) is 12.1 Å². The summed E-state index contributed by atoms with van der Waals surface area (Å²) in [5, 5.41) is 31.4. The van der Waals surface area contributed by atoms with Crippen molar-refractivity contribution >= 4 is 0 Å². The van der Waals surface area contributed by atoms with Crippen LogP contribution in [0.15, 0.2) is 29.8 Å². The first-order chi connectivity index (χ1) is 14.7. The van der Waals surface area contributed by atoms with Crippen molar-refractivity contribution in [1.82, 2.24) is 0 Å². The van der Waals surface area contributed by atoms with Crippen molar-refractivity contribution in [3.63, 3.8) is 0 Å². The maximum absolute atomic E-state index is 10.9. The predicted molar refractivity (Wildman–Crippen MR) is 120 cm³/mol. The van der Waals surface area contributed by atoms with Crippen LogP contribution >= 0.6 is 0 Å². The molecule has 1 atom stereocenters. The molecule has 5 heteroatoms. The van der Waals surface area contributed by atoms with Crippen LogP contribution in [0.2, 0.25) is 0 Å². The van der Waals surface area contributed by atoms with Gasteiger partial charge in [-0.05, 0) is 65.0 Å². The van der Waals surface area contributed by atoms with Crippen molar-refractivity contribution in [3.05, 3.63) is 57.7 Å². The van der Waals surface area contributed by atoms with E-state index in [1.807, 2.05) is 26.0 Å². The molecule has 0 aliphatic carbocycles. The van der Waals surface area contributed by atoms with Gasteiger partial charge in [-0.1, -0.05) is 17.7 Å². The predicted octanol–water partition coefficient (Wildman–Crippen LogP) is 4.92. The fraction of sp³-hybridized carbons (Fsp3) is 0.462. The Morgan fingerprint density at radius 3 is 2.61 bits per heavy atom. The van der Waals surface area contributed by atoms with Crippen LogP contribution in [0.3, 0.4) is 0 Å². The Hall–Kier alpha value is -2.66. The van der Waals surface area contributed by atoms with Crippen molar-refractivity contribution in [1.29, 1.82) is 0 Å². The second-order valence-corrected chi connectivity index (χ2v) is 9.53. The highest BCUT2D eigenvalue weighted by Gasteiger charge is 2.33. The van der Waals surface area contributed by atoms with E-state index in [0.29, 0.717) is 25.0 Å². The monoisotopic (exact) mass is 424 g/mol. The molecule has 0 radical (unpaired) electrons. The normalized spacial score (nSPS) is 18.9. The van der Waals surface area contributed by atoms with E-state index in [1.165, 1.54) is 0 Å². The lowest BCUT2D eigenvalue weighted by atomic mass is 9.83. The number of phenolic OH excluding ortho intramolecular Hbond substituents is 2. The van der Waals surface area contributed by atoms with Crippen LogP contribution in [0, 0.1) is 0 Å². The van der Waals surface area contributed by atoms with Crippen molar-refractivity contribution in [2.75, 3.05) is 6.61 Å². The molecule has 0 saturated carbocycles. The van der Waals surface area contributed by atoms with Crippen molar-refractivity contribution in [2.45, 2.75) is 71.5 Å². The molecule has 2 aliphatic heterocycles. The highest BCUT2D eigenvalue weighted by atomic mass is 16.5. The minimum atomic E-state index is -0.231. The smallest absolute Gasteiger partial charge is 0.127 e. The van der Waals surface area contributed by atoms with Gasteiger partial charge in [0, 0.05) is 34.2 Å². The van der Waals surface area contributed by atoms with Gasteiger partial charge in [-0.3, -0.25) is 0 Å². The fourth-order valence-electron chi connectivity index (χ4n) is 4.63. The molecule has 0 bridgehead atoms. The molecule has 166 valence electrons. The number of hydrogen-bond acceptors (Lipinski definition) is 5. The van der Waals surface area contributed by atoms with E-state index in [4.69, 9.17) is 9.47 Å². The van der Waals surface area contributed by atoms with Gasteiger partial charge >= 0.3 is 0 Å². The summed E-state index contributed by atoms with van der Waals surface area (Å²) in [6.07, 6.45) is 4.86. The molecule has 0 amide bonds. The zero-order valence-electron chi connectivity index (χ0n) is 18.8. The number of aromatic hydroxyl groups is 2. The first-order valence-corrected chi connectivity index (χ1v) is 11.0. The molecule has 0 aromatic heterocycles. The van der Waals surface area contributed by atoms with Gasteiger partial charge < -0.3 is 24.8 Å². The SMILES string of the molecule is CC(C)=CCc1c(O)ccc(C2COc3cc4c(c(CO)c3C2)CCC(C)(C)O4)c1O. The number of aliphatic hydroxyl groups is 1. The maximum Gasteiger partial charge on any atom is 0.127 e. The van der Waals surface area contributed by atoms with E-state index >= 15 is 0 Å². The Labute approximate surface area is 184 Å². The van der Waals surface area contributed by atoms with Gasteiger partial charge in [0.2, 0.25) is 0 Å². The van der Waals surface area contributed by atoms with Crippen LogP contribution in [-0.2, 0) is 25.9 Å². The third kappa shape index (κ3) is 4.11. The number of aliphatic hydroxyl groups excluding tert-OH is 1. The summed E-state index contributed by atoms with van der Waals surface area (Å²) in [5.74, 6) is 1.71. The average molecular weight is 425 g/mol. The first kappa shape index (κ1) is 21.6. The zero-order valence-corrected chi connectivity index (χ0v) is 18.8. The summed E-state index contributed by atoms with van der Waals surface area (Å²) in [5.41, 5.74) is 5.12. The Bertz CT molecular complexity index is 1030. The molecule has 2 aliphatic rings. The van der Waals surface area contributed by atoms with Gasteiger partial charge in [-0.25, -0.2) is 0 Å². The van der Waals surface area contributed by atoms with Gasteiger partial charge in [0.15, 0.2) is 0 Å². The van der Waals surface area contributed by atoms with Crippen LogP contribution in [0.5, 0.6) is 23.0 Å². The first-order valence-electron chi connectivity index (χ1n) is 11.0. The van der Waals surface area contributed by atoms with Crippen LogP contribution in [0.1, 0.15) is 67.9 Å². The Morgan fingerprint density at radius 1 is 1.13 bits per heavy atom. The molecule has 0 spiro atoms. The van der Waals surface area contributed by atoms with Crippen molar-refractivity contribution in [2.24, 2.45) is 0 Å². The lowest BCUT2D eigenvalue weighted by Crippen LogP contribution is -2.33. The van der Waals surface area contributed by atoms with Crippen molar-refractivity contribution in [3.8, 4) is 23.0 Å². The minimum Gasteiger partial charge on any atom is -0.508 e. The lowest BCUT2D eigenvalue weighted by molar-refractivity contribution is 0.0827. The molecule has 2 aromatic rings. The Kier molecular flexibility index (Phi) is 5.65. The molecular formula is C26H32O5. The van der Waals surface area contributed by atoms with Crippen LogP contribution < -0.4 is 9.47 Å². The van der Waals surface area contributed by atoms with E-state index in [2.05, 4.69) is 13.8 Å². The molecule has 1 unspecified atom stereocenters. The minimum absolute atomic E-state index is 0.0668. The molecule has 2 aromatic carbocycles. The molecule has 0 saturated heterocycles. The number of fused-ring (bicyclic) bond motifs is 2. The second-order valence-electron chi connectivity index (χ2n) is 9.53. The average Bonchev–Trinajstić information content (AvgIpc) is 2.71. The van der Waals surface area contributed by atoms with E-state index in [0.717, 1.165) is 52.2 Å². The number of phenols is 2. The summed E-state index contributed by atoms with van der Waals surface area (Å²) >= 11 is 0. The molecule has 31 heavy (non-hydrogen) atoms. The van der Waals surface area contributed by atoms with E-state index < -0.39 is 0 Å². The van der Waals surface area contributed by atoms with Crippen LogP contribution in [-0.4, -0.2) is 27.5 Å². The van der Waals surface area contributed by atoms with Crippen LogP contribution in [0.4, 0.5) is 0 Å². The third-order valence-corrected chi connectivity index (χ3v) is 6.44. The molecule has 0 fully saturated rings. The van der Waals surface area contributed by atoms with Crippen LogP contribution in [0.25, 0.3) is 0 Å². The van der Waals surface area contributed by atoms with E-state index in [9.17, 15) is 15.3 Å². The zero-order chi connectivity index (χ0) is 22.3. The lowest BCUT2D eigenvalue weighted by Gasteiger charge is -2.36. The topological polar surface area (TPSA) is 79.2 Å². The largest absolute Gasteiger partial charge is 0.508 e. The molecule has 4 rings (SSSR count). The van der Waals surface area contributed by atoms with E-state index in [-0.39, 0.29) is 29.6 Å². The number of ether oxygens (including phenoxy) is 2. The third-order valence-electron chi connectivity index (χ3n) is 6.44. The molecular weight excluding hydrogens is 392 g/mol. The van der Waals surface area contributed by atoms with Gasteiger partial charge in [-0.15, -0.1) is 0 Å². The van der Waals surface area contributed by atoms with Gasteiger partial charge in [0.25, 0.3) is 0 Å². The summed E-state index contributed by atoms with van der Waals surface area (Å²) in [7, 11) is 0. The summed E-state index contributed by atoms with van der Waals surface area (Å²) in [6, 6.07) is 5.38. The molecule has 2 heterocycles. The number of allylic oxidation sites excluding steroid dienone is 2. The summed E-state index contributed by atoms with van der Waals surface area (Å²) in [4.78, 5) is 0. The highest BCUT2D eigenvalue weighted by Crippen LogP contribution is 2.46. The number of hydrogen-bond donors (Lipinski definition) is 3. The Balaban J connectivity index is 1.70. The number of rotatable bonds is 4. The summed E-state index contributed by atoms with van der Waals surface area (Å²) < 4.78 is 12.3. The standard InChI is InChI=1S/C26H32O5/c1-15(2)5-6-19-22(28)8-7-17(25(19)29)16-11-20-21(13-27)18-9-10-26(3,4)31-24(18)12-23(20)30-14-16/h5,7-8,12,16,27-29H,6,9-11,13-14H2,1-4H3. The highest BCUT2D eigenvalue weighted by molar-refractivity contribution is 5.57. The van der Waals surface area contributed by atoms with Gasteiger partial charge in [0.05, 0.1) is 13.2 Å². The molecule has 3 N–H and O–H groups in total. The fourth-order valence-corrected chi connectivity index (χ4v) is 4.63. The second kappa shape index (κ2) is 8.12. The Morgan fingerprint density at radius 2 is 1.90 bits per heavy atom. The van der Waals surface area contributed by atoms with Gasteiger partial charge in [0.1, 0.15) is 28.6 Å². The quantitative estimate of drug-likeness (QED) is 0.607. The summed E-state index contributed by atoms with van der Waals surface area (Å²) in [6.45, 7) is 8.48. The number of benzene rings is 2. The van der Waals surface area contributed by atoms with Crippen molar-refractivity contribution < 1.29 is 24.8 Å².